The number of para-hydroxylation sites is 1. The molecule has 0 saturated heterocycles. The molecule has 5 nitrogen and oxygen atoms in total. The van der Waals surface area contributed by atoms with E-state index in [2.05, 4.69) is 5.32 Å². The summed E-state index contributed by atoms with van der Waals surface area (Å²) in [6.07, 6.45) is 0.649. The summed E-state index contributed by atoms with van der Waals surface area (Å²) >= 11 is 1.17. The lowest BCUT2D eigenvalue weighted by molar-refractivity contribution is -0.136. The van der Waals surface area contributed by atoms with Crippen LogP contribution in [0, 0.1) is 0 Å². The van der Waals surface area contributed by atoms with Gasteiger partial charge in [-0.05, 0) is 39.0 Å². The summed E-state index contributed by atoms with van der Waals surface area (Å²) in [5.74, 6) is -0.343. The van der Waals surface area contributed by atoms with Crippen molar-refractivity contribution >= 4 is 23.6 Å². The summed E-state index contributed by atoms with van der Waals surface area (Å²) < 4.78 is 6.02. The van der Waals surface area contributed by atoms with Crippen LogP contribution < -0.4 is 10.1 Å². The van der Waals surface area contributed by atoms with E-state index >= 15 is 0 Å². The largest absolute Gasteiger partial charge is 0.487 e. The van der Waals surface area contributed by atoms with Crippen LogP contribution in [0.3, 0.4) is 0 Å². The second-order valence-corrected chi connectivity index (χ2v) is 8.61. The number of hydrogen-bond acceptors (Lipinski definition) is 4. The summed E-state index contributed by atoms with van der Waals surface area (Å²) in [6, 6.07) is 14.6. The molecule has 1 heterocycles. The maximum Gasteiger partial charge on any atom is 0.316 e. The Morgan fingerprint density at radius 3 is 2.59 bits per heavy atom. The fourth-order valence-corrected chi connectivity index (χ4v) is 4.09. The van der Waals surface area contributed by atoms with Crippen LogP contribution >= 0.6 is 11.8 Å². The molecule has 0 bridgehead atoms. The Balaban J connectivity index is 1.85. The van der Waals surface area contributed by atoms with Gasteiger partial charge in [-0.2, -0.15) is 0 Å². The first-order valence-corrected chi connectivity index (χ1v) is 9.72. The van der Waals surface area contributed by atoms with E-state index < -0.39 is 16.8 Å². The lowest BCUT2D eigenvalue weighted by Gasteiger charge is -2.38. The lowest BCUT2D eigenvalue weighted by Crippen LogP contribution is -2.41. The van der Waals surface area contributed by atoms with Crippen LogP contribution in [0.1, 0.15) is 49.2 Å². The van der Waals surface area contributed by atoms with Crippen molar-refractivity contribution in [3.8, 4) is 5.75 Å². The normalized spacial score (nSPS) is 18.7. The number of fused-ring (bicyclic) bond motifs is 1. The molecule has 1 aliphatic heterocycles. The third-order valence-electron chi connectivity index (χ3n) is 4.46. The number of aliphatic carboxylic acids is 1. The van der Waals surface area contributed by atoms with E-state index in [0.717, 1.165) is 11.3 Å². The smallest absolute Gasteiger partial charge is 0.316 e. The zero-order chi connectivity index (χ0) is 19.6. The Morgan fingerprint density at radius 1 is 1.19 bits per heavy atom. The SMILES string of the molecule is CC(Sc1ccccc1C(=O)NC1CC(C)(C)Oc2ccccc21)C(=O)O. The van der Waals surface area contributed by atoms with Crippen molar-refractivity contribution in [2.45, 2.75) is 49.0 Å². The Morgan fingerprint density at radius 2 is 1.85 bits per heavy atom. The van der Waals surface area contributed by atoms with Crippen molar-refractivity contribution in [2.24, 2.45) is 0 Å². The molecule has 1 aliphatic rings. The molecule has 1 amide bonds. The van der Waals surface area contributed by atoms with Crippen LogP contribution in [-0.4, -0.2) is 27.8 Å². The number of amides is 1. The van der Waals surface area contributed by atoms with E-state index in [4.69, 9.17) is 9.84 Å². The summed E-state index contributed by atoms with van der Waals surface area (Å²) in [5, 5.41) is 11.6. The maximum absolute atomic E-state index is 13.0. The third kappa shape index (κ3) is 4.45. The molecular weight excluding hydrogens is 362 g/mol. The third-order valence-corrected chi connectivity index (χ3v) is 5.63. The monoisotopic (exact) mass is 385 g/mol. The van der Waals surface area contributed by atoms with Gasteiger partial charge in [-0.25, -0.2) is 0 Å². The number of ether oxygens (including phenoxy) is 1. The van der Waals surface area contributed by atoms with Crippen molar-refractivity contribution in [2.75, 3.05) is 0 Å². The molecule has 0 fully saturated rings. The second-order valence-electron chi connectivity index (χ2n) is 7.22. The Hall–Kier alpha value is -2.47. The summed E-state index contributed by atoms with van der Waals surface area (Å²) in [5.41, 5.74) is 1.05. The lowest BCUT2D eigenvalue weighted by atomic mass is 9.89. The first kappa shape index (κ1) is 19.3. The standard InChI is InChI=1S/C21H23NO4S/c1-13(20(24)25)27-18-11-7-5-9-15(18)19(23)22-16-12-21(2,3)26-17-10-6-4-8-14(16)17/h4-11,13,16H,12H2,1-3H3,(H,22,23)(H,24,25). The molecule has 142 valence electrons. The predicted molar refractivity (Wildman–Crippen MR) is 105 cm³/mol. The highest BCUT2D eigenvalue weighted by Crippen LogP contribution is 2.39. The molecule has 27 heavy (non-hydrogen) atoms. The van der Waals surface area contributed by atoms with Gasteiger partial charge in [-0.1, -0.05) is 30.3 Å². The van der Waals surface area contributed by atoms with Gasteiger partial charge >= 0.3 is 5.97 Å². The van der Waals surface area contributed by atoms with E-state index in [1.165, 1.54) is 11.8 Å². The van der Waals surface area contributed by atoms with E-state index in [1.54, 1.807) is 31.2 Å². The van der Waals surface area contributed by atoms with Gasteiger partial charge in [-0.3, -0.25) is 9.59 Å². The van der Waals surface area contributed by atoms with Gasteiger partial charge in [0.15, 0.2) is 0 Å². The van der Waals surface area contributed by atoms with Gasteiger partial charge in [0.2, 0.25) is 0 Å². The molecule has 0 aromatic heterocycles. The van der Waals surface area contributed by atoms with Gasteiger partial charge in [-0.15, -0.1) is 11.8 Å². The first-order valence-electron chi connectivity index (χ1n) is 8.84. The summed E-state index contributed by atoms with van der Waals surface area (Å²) in [7, 11) is 0. The molecule has 3 rings (SSSR count). The number of carbonyl (C=O) groups excluding carboxylic acids is 1. The molecule has 0 spiro atoms. The van der Waals surface area contributed by atoms with Crippen LogP contribution in [0.2, 0.25) is 0 Å². The molecule has 2 aromatic rings. The average molecular weight is 385 g/mol. The quantitative estimate of drug-likeness (QED) is 0.751. The number of carbonyl (C=O) groups is 2. The number of hydrogen-bond donors (Lipinski definition) is 2. The van der Waals surface area contributed by atoms with Gasteiger partial charge in [0.1, 0.15) is 16.6 Å². The Kier molecular flexibility index (Phi) is 5.46. The van der Waals surface area contributed by atoms with E-state index in [1.807, 2.05) is 38.1 Å². The highest BCUT2D eigenvalue weighted by Gasteiger charge is 2.34. The molecule has 0 saturated carbocycles. The van der Waals surface area contributed by atoms with Crippen LogP contribution in [0.5, 0.6) is 5.75 Å². The molecule has 2 unspecified atom stereocenters. The van der Waals surface area contributed by atoms with E-state index in [9.17, 15) is 9.59 Å². The minimum absolute atomic E-state index is 0.174. The van der Waals surface area contributed by atoms with Crippen molar-refractivity contribution in [1.82, 2.24) is 5.32 Å². The van der Waals surface area contributed by atoms with E-state index in [-0.39, 0.29) is 11.9 Å². The van der Waals surface area contributed by atoms with Crippen LogP contribution in [0.4, 0.5) is 0 Å². The predicted octanol–water partition coefficient (Wildman–Crippen LogP) is 4.28. The number of benzene rings is 2. The zero-order valence-corrected chi connectivity index (χ0v) is 16.4. The molecular formula is C21H23NO4S. The van der Waals surface area contributed by atoms with Crippen LogP contribution in [0.15, 0.2) is 53.4 Å². The molecule has 2 atom stereocenters. The minimum Gasteiger partial charge on any atom is -0.487 e. The summed E-state index contributed by atoms with van der Waals surface area (Å²) in [6.45, 7) is 5.61. The number of rotatable bonds is 5. The summed E-state index contributed by atoms with van der Waals surface area (Å²) in [4.78, 5) is 24.8. The van der Waals surface area contributed by atoms with Gasteiger partial charge in [0.25, 0.3) is 5.91 Å². The van der Waals surface area contributed by atoms with Crippen molar-refractivity contribution in [3.05, 3.63) is 59.7 Å². The molecule has 0 radical (unpaired) electrons. The topological polar surface area (TPSA) is 75.6 Å². The molecule has 2 aromatic carbocycles. The first-order chi connectivity index (χ1) is 12.8. The van der Waals surface area contributed by atoms with Crippen LogP contribution in [-0.2, 0) is 4.79 Å². The Labute approximate surface area is 163 Å². The van der Waals surface area contributed by atoms with Gasteiger partial charge < -0.3 is 15.2 Å². The number of carboxylic acid groups (broad SMARTS) is 1. The highest BCUT2D eigenvalue weighted by molar-refractivity contribution is 8.00. The van der Waals surface area contributed by atoms with E-state index in [0.29, 0.717) is 16.9 Å². The van der Waals surface area contributed by atoms with Gasteiger partial charge in [0.05, 0.1) is 11.6 Å². The van der Waals surface area contributed by atoms with Crippen molar-refractivity contribution < 1.29 is 19.4 Å². The fraction of sp³-hybridized carbons (Fsp3) is 0.333. The zero-order valence-electron chi connectivity index (χ0n) is 15.6. The van der Waals surface area contributed by atoms with Crippen LogP contribution in [0.25, 0.3) is 0 Å². The average Bonchev–Trinajstić information content (AvgIpc) is 2.61. The number of carboxylic acids is 1. The second kappa shape index (κ2) is 7.64. The van der Waals surface area contributed by atoms with Crippen molar-refractivity contribution in [1.29, 1.82) is 0 Å². The molecule has 0 aliphatic carbocycles. The fourth-order valence-electron chi connectivity index (χ4n) is 3.16. The molecule has 2 N–H and O–H groups in total. The minimum atomic E-state index is -0.907. The number of nitrogens with one attached hydrogen (secondary N) is 1. The molecule has 6 heteroatoms. The van der Waals surface area contributed by atoms with Gasteiger partial charge in [0, 0.05) is 16.9 Å². The number of thioether (sulfide) groups is 1. The Bertz CT molecular complexity index is 865. The maximum atomic E-state index is 13.0. The van der Waals surface area contributed by atoms with Crippen molar-refractivity contribution in [3.63, 3.8) is 0 Å². The highest BCUT2D eigenvalue weighted by atomic mass is 32.2.